The molecule has 0 unspecified atom stereocenters. The second-order valence-corrected chi connectivity index (χ2v) is 6.82. The predicted molar refractivity (Wildman–Crippen MR) is 107 cm³/mol. The van der Waals surface area contributed by atoms with Gasteiger partial charge in [-0.2, -0.15) is 10.2 Å². The molecule has 2 N–H and O–H groups in total. The molecule has 0 radical (unpaired) electrons. The summed E-state index contributed by atoms with van der Waals surface area (Å²) in [4.78, 5) is 12.5. The number of hydrogen-bond donors (Lipinski definition) is 2. The van der Waals surface area contributed by atoms with Crippen LogP contribution in [0.5, 0.6) is 0 Å². The van der Waals surface area contributed by atoms with E-state index in [1.807, 2.05) is 37.3 Å². The molecule has 136 valence electrons. The van der Waals surface area contributed by atoms with Crippen molar-refractivity contribution in [1.29, 1.82) is 0 Å². The highest BCUT2D eigenvalue weighted by Gasteiger charge is 2.21. The first-order valence-electron chi connectivity index (χ1n) is 9.29. The van der Waals surface area contributed by atoms with Crippen molar-refractivity contribution in [3.05, 3.63) is 77.1 Å². The number of aromatic nitrogens is 2. The molecule has 4 rings (SSSR count). The van der Waals surface area contributed by atoms with E-state index in [1.165, 1.54) is 5.56 Å². The van der Waals surface area contributed by atoms with E-state index in [0.29, 0.717) is 5.69 Å². The molecular weight excluding hydrogens is 336 g/mol. The molecule has 1 aromatic heterocycles. The van der Waals surface area contributed by atoms with Gasteiger partial charge in [-0.25, -0.2) is 5.43 Å². The fourth-order valence-corrected chi connectivity index (χ4v) is 3.46. The van der Waals surface area contributed by atoms with Gasteiger partial charge in [0.05, 0.1) is 5.71 Å². The summed E-state index contributed by atoms with van der Waals surface area (Å²) in [6.07, 6.45) is 4.11. The summed E-state index contributed by atoms with van der Waals surface area (Å²) in [6, 6.07) is 18.4. The number of aromatic amines is 1. The van der Waals surface area contributed by atoms with Crippen molar-refractivity contribution in [1.82, 2.24) is 15.6 Å². The minimum Gasteiger partial charge on any atom is -0.281 e. The van der Waals surface area contributed by atoms with Crippen molar-refractivity contribution in [2.75, 3.05) is 0 Å². The molecule has 1 heterocycles. The first-order chi connectivity index (χ1) is 13.2. The maximum Gasteiger partial charge on any atom is 0.292 e. The van der Waals surface area contributed by atoms with Crippen molar-refractivity contribution in [2.45, 2.75) is 32.6 Å². The number of benzene rings is 2. The molecule has 3 aromatic rings. The monoisotopic (exact) mass is 358 g/mol. The quantitative estimate of drug-likeness (QED) is 0.544. The fourth-order valence-electron chi connectivity index (χ4n) is 3.46. The zero-order valence-electron chi connectivity index (χ0n) is 15.3. The molecule has 27 heavy (non-hydrogen) atoms. The van der Waals surface area contributed by atoms with Gasteiger partial charge in [0.15, 0.2) is 5.69 Å². The molecule has 0 atom stereocenters. The number of nitrogens with one attached hydrogen (secondary N) is 2. The molecule has 1 amide bonds. The average molecular weight is 358 g/mol. The number of amides is 1. The van der Waals surface area contributed by atoms with E-state index < -0.39 is 0 Å². The van der Waals surface area contributed by atoms with E-state index in [9.17, 15) is 4.79 Å². The van der Waals surface area contributed by atoms with E-state index in [-0.39, 0.29) is 5.91 Å². The van der Waals surface area contributed by atoms with Crippen molar-refractivity contribution in [3.8, 4) is 11.1 Å². The molecule has 2 aromatic carbocycles. The summed E-state index contributed by atoms with van der Waals surface area (Å²) >= 11 is 0. The van der Waals surface area contributed by atoms with Crippen LogP contribution >= 0.6 is 0 Å². The highest BCUT2D eigenvalue weighted by atomic mass is 16.2. The largest absolute Gasteiger partial charge is 0.292 e. The molecule has 5 nitrogen and oxygen atoms in total. The number of fused-ring (bicyclic) bond motifs is 1. The lowest BCUT2D eigenvalue weighted by Crippen LogP contribution is -2.21. The molecule has 0 aliphatic heterocycles. The summed E-state index contributed by atoms with van der Waals surface area (Å²) in [5, 5.41) is 11.4. The Morgan fingerprint density at radius 3 is 2.48 bits per heavy atom. The van der Waals surface area contributed by atoms with Crippen LogP contribution < -0.4 is 5.43 Å². The third-order valence-corrected chi connectivity index (χ3v) is 5.01. The third-order valence-electron chi connectivity index (χ3n) is 5.01. The molecule has 5 heteroatoms. The van der Waals surface area contributed by atoms with Crippen LogP contribution in [-0.4, -0.2) is 21.8 Å². The number of rotatable bonds is 4. The van der Waals surface area contributed by atoms with Crippen LogP contribution in [0.3, 0.4) is 0 Å². The zero-order valence-corrected chi connectivity index (χ0v) is 15.3. The number of H-pyrrole nitrogens is 1. The maximum absolute atomic E-state index is 12.5. The lowest BCUT2D eigenvalue weighted by molar-refractivity contribution is 0.0949. The number of carbonyl (C=O) groups is 1. The lowest BCUT2D eigenvalue weighted by atomic mass is 9.96. The normalized spacial score (nSPS) is 13.9. The number of hydrazone groups is 1. The summed E-state index contributed by atoms with van der Waals surface area (Å²) < 4.78 is 0. The smallest absolute Gasteiger partial charge is 0.281 e. The van der Waals surface area contributed by atoms with Gasteiger partial charge in [-0.15, -0.1) is 0 Å². The highest BCUT2D eigenvalue weighted by Crippen LogP contribution is 2.22. The lowest BCUT2D eigenvalue weighted by Gasteiger charge is -2.10. The molecule has 0 spiro atoms. The molecule has 0 saturated carbocycles. The SMILES string of the molecule is C/C(=N\NC(=O)c1n[nH]c2c1CCCC2)c1ccc(-c2ccccc2)cc1. The van der Waals surface area contributed by atoms with Crippen LogP contribution in [0.2, 0.25) is 0 Å². The Morgan fingerprint density at radius 2 is 1.70 bits per heavy atom. The molecule has 0 saturated heterocycles. The third kappa shape index (κ3) is 3.67. The Bertz CT molecular complexity index is 971. The van der Waals surface area contributed by atoms with Crippen LogP contribution in [0, 0.1) is 0 Å². The van der Waals surface area contributed by atoms with E-state index >= 15 is 0 Å². The van der Waals surface area contributed by atoms with Crippen LogP contribution in [-0.2, 0) is 12.8 Å². The van der Waals surface area contributed by atoms with Gasteiger partial charge < -0.3 is 0 Å². The van der Waals surface area contributed by atoms with Gasteiger partial charge >= 0.3 is 0 Å². The summed E-state index contributed by atoms with van der Waals surface area (Å²) in [6.45, 7) is 1.89. The van der Waals surface area contributed by atoms with E-state index in [1.54, 1.807) is 0 Å². The first kappa shape index (κ1) is 17.2. The zero-order chi connectivity index (χ0) is 18.6. The Labute approximate surface area is 158 Å². The topological polar surface area (TPSA) is 70.1 Å². The fraction of sp³-hybridized carbons (Fsp3) is 0.227. The van der Waals surface area contributed by atoms with Crippen molar-refractivity contribution in [3.63, 3.8) is 0 Å². The summed E-state index contributed by atoms with van der Waals surface area (Å²) in [7, 11) is 0. The van der Waals surface area contributed by atoms with Crippen LogP contribution in [0.15, 0.2) is 59.7 Å². The second kappa shape index (κ2) is 7.58. The van der Waals surface area contributed by atoms with Gasteiger partial charge in [0.1, 0.15) is 0 Å². The summed E-state index contributed by atoms with van der Waals surface area (Å²) in [5.74, 6) is -0.255. The van der Waals surface area contributed by atoms with Gasteiger partial charge in [0.2, 0.25) is 0 Å². The van der Waals surface area contributed by atoms with Crippen LogP contribution in [0.25, 0.3) is 11.1 Å². The highest BCUT2D eigenvalue weighted by molar-refractivity contribution is 6.01. The molecule has 0 fully saturated rings. The van der Waals surface area contributed by atoms with Crippen LogP contribution in [0.1, 0.15) is 47.1 Å². The Balaban J connectivity index is 1.46. The molecule has 1 aliphatic carbocycles. The van der Waals surface area contributed by atoms with Crippen molar-refractivity contribution < 1.29 is 4.79 Å². The van der Waals surface area contributed by atoms with E-state index in [4.69, 9.17) is 0 Å². The first-order valence-corrected chi connectivity index (χ1v) is 9.29. The van der Waals surface area contributed by atoms with E-state index in [0.717, 1.165) is 53.8 Å². The Morgan fingerprint density at radius 1 is 1.00 bits per heavy atom. The minimum atomic E-state index is -0.255. The van der Waals surface area contributed by atoms with Gasteiger partial charge in [0, 0.05) is 11.3 Å². The molecule has 1 aliphatic rings. The van der Waals surface area contributed by atoms with E-state index in [2.05, 4.69) is 45.0 Å². The number of hydrogen-bond acceptors (Lipinski definition) is 3. The summed E-state index contributed by atoms with van der Waals surface area (Å²) in [5.41, 5.74) is 9.30. The molecular formula is C22H22N4O. The second-order valence-electron chi connectivity index (χ2n) is 6.82. The molecule has 0 bridgehead atoms. The van der Waals surface area contributed by atoms with Gasteiger partial charge in [-0.05, 0) is 49.3 Å². The standard InChI is InChI=1S/C22H22N4O/c1-15(16-11-13-18(14-12-16)17-7-3-2-4-8-17)23-26-22(27)21-19-9-5-6-10-20(19)24-25-21/h2-4,7-8,11-14H,5-6,9-10H2,1H3,(H,24,25)(H,26,27)/b23-15+. The minimum absolute atomic E-state index is 0.255. The van der Waals surface area contributed by atoms with Gasteiger partial charge in [-0.3, -0.25) is 9.89 Å². The Kier molecular flexibility index (Phi) is 4.83. The maximum atomic E-state index is 12.5. The number of nitrogens with zero attached hydrogens (tertiary/aromatic N) is 2. The van der Waals surface area contributed by atoms with Crippen molar-refractivity contribution >= 4 is 11.6 Å². The number of aryl methyl sites for hydroxylation is 1. The number of carbonyl (C=O) groups excluding carboxylic acids is 1. The Hall–Kier alpha value is -3.21. The predicted octanol–water partition coefficient (Wildman–Crippen LogP) is 4.11. The van der Waals surface area contributed by atoms with Crippen LogP contribution in [0.4, 0.5) is 0 Å². The van der Waals surface area contributed by atoms with Gasteiger partial charge in [-0.1, -0.05) is 54.6 Å². The average Bonchev–Trinajstić information content (AvgIpc) is 3.17. The van der Waals surface area contributed by atoms with Gasteiger partial charge in [0.25, 0.3) is 5.91 Å². The van der Waals surface area contributed by atoms with Crippen molar-refractivity contribution in [2.24, 2.45) is 5.10 Å².